The van der Waals surface area contributed by atoms with Crippen LogP contribution in [-0.4, -0.2) is 55.6 Å². The number of nitrogens with one attached hydrogen (secondary N) is 2. The zero-order chi connectivity index (χ0) is 18.2. The standard InChI is InChI=1S/C19H30N4O2/c1-15(2)9-10-20-18(24)16(3)21-19(25)23-13-11-22(12-14-23)17-7-5-4-6-8-17/h4-8,15-16H,9-14H2,1-3H3,(H,20,24)(H,21,25)/t16-/m1/s1. The summed E-state index contributed by atoms with van der Waals surface area (Å²) in [5.74, 6) is 0.419. The minimum atomic E-state index is -0.521. The van der Waals surface area contributed by atoms with E-state index in [1.54, 1.807) is 11.8 Å². The Morgan fingerprint density at radius 2 is 1.68 bits per heavy atom. The van der Waals surface area contributed by atoms with Gasteiger partial charge in [0.1, 0.15) is 6.04 Å². The molecule has 0 bridgehead atoms. The molecule has 0 saturated carbocycles. The van der Waals surface area contributed by atoms with Crippen LogP contribution in [0.1, 0.15) is 27.2 Å². The highest BCUT2D eigenvalue weighted by molar-refractivity contribution is 5.86. The van der Waals surface area contributed by atoms with E-state index in [2.05, 4.69) is 41.5 Å². The van der Waals surface area contributed by atoms with Crippen LogP contribution in [0.3, 0.4) is 0 Å². The summed E-state index contributed by atoms with van der Waals surface area (Å²) in [5, 5.41) is 5.67. The second-order valence-corrected chi connectivity index (χ2v) is 6.95. The fraction of sp³-hybridized carbons (Fsp3) is 0.579. The van der Waals surface area contributed by atoms with Crippen molar-refractivity contribution in [2.75, 3.05) is 37.6 Å². The third kappa shape index (κ3) is 5.96. The quantitative estimate of drug-likeness (QED) is 0.829. The van der Waals surface area contributed by atoms with Crippen molar-refractivity contribution >= 4 is 17.6 Å². The van der Waals surface area contributed by atoms with Crippen LogP contribution < -0.4 is 15.5 Å². The normalized spacial score (nSPS) is 15.8. The highest BCUT2D eigenvalue weighted by Gasteiger charge is 2.23. The van der Waals surface area contributed by atoms with Crippen LogP contribution in [0.25, 0.3) is 0 Å². The smallest absolute Gasteiger partial charge is 0.318 e. The zero-order valence-electron chi connectivity index (χ0n) is 15.5. The number of amides is 3. The molecule has 1 aliphatic heterocycles. The van der Waals surface area contributed by atoms with Gasteiger partial charge in [-0.25, -0.2) is 4.79 Å². The number of nitrogens with zero attached hydrogens (tertiary/aromatic N) is 2. The number of para-hydroxylation sites is 1. The Bertz CT molecular complexity index is 554. The van der Waals surface area contributed by atoms with Gasteiger partial charge in [0, 0.05) is 38.4 Å². The van der Waals surface area contributed by atoms with E-state index in [9.17, 15) is 9.59 Å². The molecule has 0 aromatic heterocycles. The topological polar surface area (TPSA) is 64.7 Å². The summed E-state index contributed by atoms with van der Waals surface area (Å²) in [4.78, 5) is 28.4. The summed E-state index contributed by atoms with van der Waals surface area (Å²) >= 11 is 0. The van der Waals surface area contributed by atoms with Gasteiger partial charge in [0.25, 0.3) is 0 Å². The van der Waals surface area contributed by atoms with Crippen LogP contribution >= 0.6 is 0 Å². The van der Waals surface area contributed by atoms with Crippen molar-refractivity contribution in [2.24, 2.45) is 5.92 Å². The van der Waals surface area contributed by atoms with Crippen LogP contribution in [0, 0.1) is 5.92 Å². The van der Waals surface area contributed by atoms with E-state index < -0.39 is 6.04 Å². The number of anilines is 1. The number of rotatable bonds is 6. The van der Waals surface area contributed by atoms with Gasteiger partial charge in [0.15, 0.2) is 0 Å². The third-order valence-electron chi connectivity index (χ3n) is 4.44. The number of urea groups is 1. The van der Waals surface area contributed by atoms with Gasteiger partial charge in [-0.1, -0.05) is 32.0 Å². The van der Waals surface area contributed by atoms with Crippen molar-refractivity contribution in [3.8, 4) is 0 Å². The summed E-state index contributed by atoms with van der Waals surface area (Å²) in [5.41, 5.74) is 1.18. The van der Waals surface area contributed by atoms with Crippen LogP contribution in [0.5, 0.6) is 0 Å². The molecule has 1 atom stereocenters. The molecule has 1 aromatic rings. The van der Waals surface area contributed by atoms with Crippen molar-refractivity contribution < 1.29 is 9.59 Å². The first-order valence-electron chi connectivity index (χ1n) is 9.10. The van der Waals surface area contributed by atoms with Gasteiger partial charge in [0.2, 0.25) is 5.91 Å². The molecule has 1 heterocycles. The van der Waals surface area contributed by atoms with Gasteiger partial charge >= 0.3 is 6.03 Å². The number of carbonyl (C=O) groups excluding carboxylic acids is 2. The first kappa shape index (κ1) is 19.1. The Morgan fingerprint density at radius 1 is 1.04 bits per heavy atom. The summed E-state index contributed by atoms with van der Waals surface area (Å²) in [7, 11) is 0. The minimum Gasteiger partial charge on any atom is -0.368 e. The lowest BCUT2D eigenvalue weighted by Gasteiger charge is -2.36. The summed E-state index contributed by atoms with van der Waals surface area (Å²) in [6.07, 6.45) is 0.938. The molecule has 1 saturated heterocycles. The van der Waals surface area contributed by atoms with E-state index in [1.807, 2.05) is 18.2 Å². The first-order valence-corrected chi connectivity index (χ1v) is 9.10. The average Bonchev–Trinajstić information content (AvgIpc) is 2.62. The Morgan fingerprint density at radius 3 is 2.28 bits per heavy atom. The van der Waals surface area contributed by atoms with Gasteiger partial charge < -0.3 is 20.4 Å². The number of carbonyl (C=O) groups is 2. The van der Waals surface area contributed by atoms with E-state index in [4.69, 9.17) is 0 Å². The third-order valence-corrected chi connectivity index (χ3v) is 4.44. The largest absolute Gasteiger partial charge is 0.368 e. The second kappa shape index (κ2) is 9.30. The maximum absolute atomic E-state index is 12.4. The summed E-state index contributed by atoms with van der Waals surface area (Å²) in [6.45, 7) is 9.51. The maximum atomic E-state index is 12.4. The number of piperazine rings is 1. The van der Waals surface area contributed by atoms with E-state index in [0.29, 0.717) is 25.6 Å². The number of hydrogen-bond donors (Lipinski definition) is 2. The lowest BCUT2D eigenvalue weighted by Crippen LogP contribution is -2.55. The highest BCUT2D eigenvalue weighted by Crippen LogP contribution is 2.15. The molecular weight excluding hydrogens is 316 g/mol. The van der Waals surface area contributed by atoms with Crippen molar-refractivity contribution in [1.82, 2.24) is 15.5 Å². The minimum absolute atomic E-state index is 0.128. The van der Waals surface area contributed by atoms with Gasteiger partial charge in [-0.3, -0.25) is 4.79 Å². The fourth-order valence-electron chi connectivity index (χ4n) is 2.79. The molecule has 0 radical (unpaired) electrons. The second-order valence-electron chi connectivity index (χ2n) is 6.95. The van der Waals surface area contributed by atoms with Crippen molar-refractivity contribution in [3.63, 3.8) is 0 Å². The predicted molar refractivity (Wildman–Crippen MR) is 101 cm³/mol. The molecule has 0 aliphatic carbocycles. The van der Waals surface area contributed by atoms with E-state index in [-0.39, 0.29) is 11.9 Å². The van der Waals surface area contributed by atoms with Crippen molar-refractivity contribution in [3.05, 3.63) is 30.3 Å². The summed E-state index contributed by atoms with van der Waals surface area (Å²) < 4.78 is 0. The Kier molecular flexibility index (Phi) is 7.10. The predicted octanol–water partition coefficient (Wildman–Crippen LogP) is 2.07. The Balaban J connectivity index is 1.73. The molecule has 0 spiro atoms. The van der Waals surface area contributed by atoms with Crippen molar-refractivity contribution in [2.45, 2.75) is 33.2 Å². The van der Waals surface area contributed by atoms with Crippen LogP contribution in [0.4, 0.5) is 10.5 Å². The molecule has 2 rings (SSSR count). The number of hydrogen-bond acceptors (Lipinski definition) is 3. The molecular formula is C19H30N4O2. The number of benzene rings is 1. The van der Waals surface area contributed by atoms with E-state index in [0.717, 1.165) is 19.5 Å². The van der Waals surface area contributed by atoms with Crippen LogP contribution in [0.2, 0.25) is 0 Å². The first-order chi connectivity index (χ1) is 12.0. The van der Waals surface area contributed by atoms with Gasteiger partial charge in [-0.2, -0.15) is 0 Å². The maximum Gasteiger partial charge on any atom is 0.318 e. The molecule has 25 heavy (non-hydrogen) atoms. The van der Waals surface area contributed by atoms with Crippen LogP contribution in [-0.2, 0) is 4.79 Å². The lowest BCUT2D eigenvalue weighted by molar-refractivity contribution is -0.122. The average molecular weight is 346 g/mol. The molecule has 2 N–H and O–H groups in total. The molecule has 6 nitrogen and oxygen atoms in total. The lowest BCUT2D eigenvalue weighted by atomic mass is 10.1. The Hall–Kier alpha value is -2.24. The molecule has 138 valence electrons. The Labute approximate surface area is 150 Å². The van der Waals surface area contributed by atoms with Gasteiger partial charge in [-0.15, -0.1) is 0 Å². The summed E-state index contributed by atoms with van der Waals surface area (Å²) in [6, 6.07) is 9.52. The molecule has 6 heteroatoms. The van der Waals surface area contributed by atoms with Gasteiger partial charge in [-0.05, 0) is 31.4 Å². The highest BCUT2D eigenvalue weighted by atomic mass is 16.2. The fourth-order valence-corrected chi connectivity index (χ4v) is 2.79. The molecule has 1 fully saturated rings. The van der Waals surface area contributed by atoms with Crippen LogP contribution in [0.15, 0.2) is 30.3 Å². The SMILES string of the molecule is CC(C)CCNC(=O)[C@@H](C)NC(=O)N1CCN(c2ccccc2)CC1. The van der Waals surface area contributed by atoms with Gasteiger partial charge in [0.05, 0.1) is 0 Å². The molecule has 3 amide bonds. The van der Waals surface area contributed by atoms with E-state index in [1.165, 1.54) is 5.69 Å². The zero-order valence-corrected chi connectivity index (χ0v) is 15.5. The molecule has 1 aromatic carbocycles. The molecule has 0 unspecified atom stereocenters. The van der Waals surface area contributed by atoms with Crippen molar-refractivity contribution in [1.29, 1.82) is 0 Å². The van der Waals surface area contributed by atoms with E-state index >= 15 is 0 Å². The monoisotopic (exact) mass is 346 g/mol. The molecule has 1 aliphatic rings.